The predicted octanol–water partition coefficient (Wildman–Crippen LogP) is 4.33. The summed E-state index contributed by atoms with van der Waals surface area (Å²) in [6, 6.07) is 11.2. The quantitative estimate of drug-likeness (QED) is 0.250. The first kappa shape index (κ1) is 32.9. The minimum atomic E-state index is -2.78. The van der Waals surface area contributed by atoms with E-state index in [-0.39, 0.29) is 48.7 Å². The van der Waals surface area contributed by atoms with E-state index >= 15 is 0 Å². The Bertz CT molecular complexity index is 1420. The Labute approximate surface area is 271 Å². The first-order valence-corrected chi connectivity index (χ1v) is 16.6. The molecule has 3 aliphatic carbocycles. The third kappa shape index (κ3) is 6.18. The molecule has 0 aromatic heterocycles. The number of nitrogens with one attached hydrogen (secondary N) is 2. The third-order valence-corrected chi connectivity index (χ3v) is 11.6. The molecule has 1 aromatic rings. The van der Waals surface area contributed by atoms with Crippen LogP contribution >= 0.6 is 0 Å². The number of nitrogens with zero attached hydrogens (tertiary/aromatic N) is 3. The number of halogens is 2. The minimum Gasteiger partial charge on any atom is -0.404 e. The van der Waals surface area contributed by atoms with Gasteiger partial charge in [0.15, 0.2) is 0 Å². The van der Waals surface area contributed by atoms with Crippen molar-refractivity contribution < 1.29 is 27.7 Å². The van der Waals surface area contributed by atoms with Gasteiger partial charge in [0.25, 0.3) is 11.8 Å². The molecule has 3 saturated carbocycles. The Morgan fingerprint density at radius 1 is 1.20 bits per heavy atom. The van der Waals surface area contributed by atoms with Crippen LogP contribution in [0, 0.1) is 28.6 Å². The Balaban J connectivity index is 1.08. The van der Waals surface area contributed by atoms with Gasteiger partial charge in [-0.05, 0) is 75.3 Å². The average molecular weight is 638 g/mol. The molecular formula is C34H46BF2N5O4. The number of urea groups is 1. The van der Waals surface area contributed by atoms with Crippen LogP contribution in [0.4, 0.5) is 13.6 Å². The van der Waals surface area contributed by atoms with Gasteiger partial charge in [-0.2, -0.15) is 5.26 Å². The van der Waals surface area contributed by atoms with E-state index in [1.54, 1.807) is 23.6 Å². The second-order valence-electron chi connectivity index (χ2n) is 15.3. The van der Waals surface area contributed by atoms with Crippen LogP contribution < -0.4 is 10.6 Å². The Kier molecular flexibility index (Phi) is 8.52. The molecule has 2 N–H and O–H groups in total. The number of nitriles is 1. The summed E-state index contributed by atoms with van der Waals surface area (Å²) in [6.07, 6.45) is 4.38. The second-order valence-corrected chi connectivity index (χ2v) is 15.3. The number of likely N-dealkylation sites (tertiary alicyclic amines) is 2. The van der Waals surface area contributed by atoms with Gasteiger partial charge in [-0.15, -0.1) is 0 Å². The minimum absolute atomic E-state index is 0.0128. The van der Waals surface area contributed by atoms with Crippen molar-refractivity contribution in [2.75, 3.05) is 26.2 Å². The van der Waals surface area contributed by atoms with E-state index in [0.717, 1.165) is 18.4 Å². The smallest absolute Gasteiger partial charge is 0.404 e. The van der Waals surface area contributed by atoms with E-state index in [0.29, 0.717) is 31.2 Å². The Morgan fingerprint density at radius 3 is 2.59 bits per heavy atom. The zero-order valence-corrected chi connectivity index (χ0v) is 27.5. The molecule has 3 aliphatic heterocycles. The van der Waals surface area contributed by atoms with E-state index in [1.165, 1.54) is 6.08 Å². The molecule has 1 aromatic carbocycles. The molecule has 3 heterocycles. The number of carbonyl (C=O) groups is 2. The van der Waals surface area contributed by atoms with Crippen LogP contribution in [-0.2, 0) is 20.5 Å². The maximum absolute atomic E-state index is 13.8. The van der Waals surface area contributed by atoms with Crippen molar-refractivity contribution in [2.24, 2.45) is 17.3 Å². The van der Waals surface area contributed by atoms with Crippen molar-refractivity contribution in [2.45, 2.75) is 102 Å². The lowest BCUT2D eigenvalue weighted by atomic mass is 9.43. The molecule has 46 heavy (non-hydrogen) atoms. The van der Waals surface area contributed by atoms with E-state index in [4.69, 9.17) is 9.31 Å². The van der Waals surface area contributed by atoms with E-state index < -0.39 is 42.6 Å². The van der Waals surface area contributed by atoms with Crippen LogP contribution in [0.1, 0.15) is 65.9 Å². The summed E-state index contributed by atoms with van der Waals surface area (Å²) in [5.41, 5.74) is -0.119. The van der Waals surface area contributed by atoms with Crippen molar-refractivity contribution in [1.82, 2.24) is 20.4 Å². The lowest BCUT2D eigenvalue weighted by Gasteiger charge is -2.64. The number of hydrogen-bond donors (Lipinski definition) is 2. The number of benzene rings is 1. The van der Waals surface area contributed by atoms with Crippen LogP contribution in [0.15, 0.2) is 42.0 Å². The molecule has 3 saturated heterocycles. The highest BCUT2D eigenvalue weighted by atomic mass is 19.3. The summed E-state index contributed by atoms with van der Waals surface area (Å²) in [6.45, 7) is 10.7. The van der Waals surface area contributed by atoms with Crippen LogP contribution in [0.2, 0.25) is 0 Å². The molecule has 6 fully saturated rings. The summed E-state index contributed by atoms with van der Waals surface area (Å²) in [7, 11) is -0.597. The topological polar surface area (TPSA) is 107 Å². The van der Waals surface area contributed by atoms with Crippen LogP contribution in [0.25, 0.3) is 0 Å². The molecule has 0 radical (unpaired) electrons. The van der Waals surface area contributed by atoms with Crippen molar-refractivity contribution in [3.63, 3.8) is 0 Å². The summed E-state index contributed by atoms with van der Waals surface area (Å²) in [5.74, 6) is -2.66. The molecule has 2 bridgehead atoms. The van der Waals surface area contributed by atoms with Crippen molar-refractivity contribution in [3.05, 3.63) is 47.5 Å². The van der Waals surface area contributed by atoms with Crippen LogP contribution in [-0.4, -0.2) is 90.2 Å². The predicted molar refractivity (Wildman–Crippen MR) is 170 cm³/mol. The van der Waals surface area contributed by atoms with Gasteiger partial charge in [0.2, 0.25) is 0 Å². The van der Waals surface area contributed by atoms with Gasteiger partial charge in [-0.1, -0.05) is 44.2 Å². The molecular weight excluding hydrogens is 591 g/mol. The first-order chi connectivity index (χ1) is 21.6. The van der Waals surface area contributed by atoms with Gasteiger partial charge >= 0.3 is 13.1 Å². The fourth-order valence-electron chi connectivity index (χ4n) is 8.60. The van der Waals surface area contributed by atoms with E-state index in [9.17, 15) is 23.6 Å². The molecule has 248 valence electrons. The van der Waals surface area contributed by atoms with Crippen molar-refractivity contribution in [1.29, 1.82) is 5.26 Å². The first-order valence-electron chi connectivity index (χ1n) is 16.6. The van der Waals surface area contributed by atoms with Crippen molar-refractivity contribution >= 4 is 19.1 Å². The fraction of sp³-hybridized carbons (Fsp3) is 0.676. The molecule has 3 amide bonds. The van der Waals surface area contributed by atoms with Gasteiger partial charge in [0.1, 0.15) is 11.6 Å². The van der Waals surface area contributed by atoms with Gasteiger partial charge < -0.3 is 24.8 Å². The number of hydrogen-bond acceptors (Lipinski definition) is 6. The van der Waals surface area contributed by atoms with Gasteiger partial charge in [-0.25, -0.2) is 13.6 Å². The fourth-order valence-corrected chi connectivity index (χ4v) is 8.60. The SMILES string of the molecule is CC1(C)[C@@H]2C[C@H]3OB(C(Cc4ccccc4)NC(=O)N[C@H]4CCN(C(=O)C(C#N)=CC(C)(C)N5CCC(F)(F)C5)C4)O[C@@]3(C)[C@H]1C2. The molecule has 9 nitrogen and oxygen atoms in total. The maximum atomic E-state index is 13.8. The maximum Gasteiger partial charge on any atom is 0.482 e. The summed E-state index contributed by atoms with van der Waals surface area (Å²) in [5, 5.41) is 15.9. The summed E-state index contributed by atoms with van der Waals surface area (Å²) in [4.78, 5) is 29.9. The van der Waals surface area contributed by atoms with E-state index in [1.807, 2.05) is 36.4 Å². The Hall–Kier alpha value is -3.01. The van der Waals surface area contributed by atoms with Gasteiger partial charge in [0.05, 0.1) is 24.2 Å². The highest BCUT2D eigenvalue weighted by molar-refractivity contribution is 6.48. The summed E-state index contributed by atoms with van der Waals surface area (Å²) < 4.78 is 41.0. The van der Waals surface area contributed by atoms with Crippen molar-refractivity contribution in [3.8, 4) is 6.07 Å². The van der Waals surface area contributed by atoms with Gasteiger partial charge in [-0.3, -0.25) is 9.69 Å². The summed E-state index contributed by atoms with van der Waals surface area (Å²) >= 11 is 0. The lowest BCUT2D eigenvalue weighted by Crippen LogP contribution is -2.65. The molecule has 6 aliphatic rings. The average Bonchev–Trinajstić information content (AvgIpc) is 3.71. The molecule has 12 heteroatoms. The number of amides is 3. The zero-order valence-electron chi connectivity index (χ0n) is 27.5. The zero-order chi connectivity index (χ0) is 33.1. The highest BCUT2D eigenvalue weighted by Gasteiger charge is 2.68. The molecule has 0 spiro atoms. The second kappa shape index (κ2) is 11.9. The van der Waals surface area contributed by atoms with E-state index in [2.05, 4.69) is 31.4 Å². The molecule has 7 rings (SSSR count). The van der Waals surface area contributed by atoms with Crippen LogP contribution in [0.5, 0.6) is 0 Å². The number of alkyl halides is 2. The number of rotatable bonds is 8. The highest BCUT2D eigenvalue weighted by Crippen LogP contribution is 2.65. The third-order valence-electron chi connectivity index (χ3n) is 11.6. The lowest BCUT2D eigenvalue weighted by molar-refractivity contribution is -0.199. The van der Waals surface area contributed by atoms with Gasteiger partial charge in [0, 0.05) is 37.6 Å². The normalized spacial score (nSPS) is 32.3. The Morgan fingerprint density at radius 2 is 1.93 bits per heavy atom. The monoisotopic (exact) mass is 637 g/mol. The molecule has 6 atom stereocenters. The number of carbonyl (C=O) groups excluding carboxylic acids is 2. The largest absolute Gasteiger partial charge is 0.482 e. The van der Waals surface area contributed by atoms with Crippen LogP contribution in [0.3, 0.4) is 0 Å². The molecule has 1 unspecified atom stereocenters. The standard InChI is InChI=1S/C34H46BF2N5O4/c1-31(2,42-14-12-34(36,37)21-42)18-23(19-38)29(43)41-13-11-25(20-41)39-30(44)40-28(15-22-9-7-6-8-10-22)35-45-27-17-24-16-26(32(24,3)4)33(27,5)46-35/h6-10,18,24-28H,11-17,20-21H2,1-5H3,(H2,39,40,44)/t24-,25-,26-,27+,28?,33-/m0/s1.